The van der Waals surface area contributed by atoms with Crippen molar-refractivity contribution in [3.8, 4) is 0 Å². The Labute approximate surface area is 169 Å². The fourth-order valence-corrected chi connectivity index (χ4v) is 4.19. The summed E-state index contributed by atoms with van der Waals surface area (Å²) in [5, 5.41) is 1.29. The number of para-hydroxylation sites is 1. The van der Waals surface area contributed by atoms with Gasteiger partial charge in [-0.2, -0.15) is 13.2 Å². The molecule has 0 atom stereocenters. The number of fused-ring (bicyclic) bond motifs is 1. The van der Waals surface area contributed by atoms with E-state index in [-0.39, 0.29) is 12.4 Å². The van der Waals surface area contributed by atoms with Gasteiger partial charge in [-0.25, -0.2) is 0 Å². The van der Waals surface area contributed by atoms with Crippen LogP contribution in [0.15, 0.2) is 54.7 Å². The predicted octanol–water partition coefficient (Wildman–Crippen LogP) is 6.03. The van der Waals surface area contributed by atoms with Crippen LogP contribution in [0, 0.1) is 0 Å². The molecule has 1 N–H and O–H groups in total. The first-order valence-electron chi connectivity index (χ1n) is 9.46. The molecule has 1 fully saturated rings. The minimum atomic E-state index is -4.28. The van der Waals surface area contributed by atoms with Crippen LogP contribution in [0.5, 0.6) is 0 Å². The van der Waals surface area contributed by atoms with Crippen molar-refractivity contribution in [3.63, 3.8) is 0 Å². The lowest BCUT2D eigenvalue weighted by atomic mass is 9.89. The summed E-state index contributed by atoms with van der Waals surface area (Å²) in [7, 11) is 0. The summed E-state index contributed by atoms with van der Waals surface area (Å²) in [6.45, 7) is 2.53. The van der Waals surface area contributed by atoms with Crippen molar-refractivity contribution in [1.29, 1.82) is 0 Å². The number of rotatable bonds is 4. The molecule has 2 aromatic carbocycles. The second-order valence-corrected chi connectivity index (χ2v) is 7.31. The summed E-state index contributed by atoms with van der Waals surface area (Å²) in [5.74, 6) is 0.514. The highest BCUT2D eigenvalue weighted by atomic mass is 35.5. The maximum atomic E-state index is 13.1. The zero-order valence-corrected chi connectivity index (χ0v) is 16.3. The Morgan fingerprint density at radius 3 is 2.39 bits per heavy atom. The molecule has 0 amide bonds. The van der Waals surface area contributed by atoms with E-state index in [0.717, 1.165) is 25.9 Å². The van der Waals surface area contributed by atoms with Gasteiger partial charge in [0.1, 0.15) is 0 Å². The molecule has 1 aliphatic rings. The summed E-state index contributed by atoms with van der Waals surface area (Å²) in [6.07, 6.45) is 0.364. The van der Waals surface area contributed by atoms with Gasteiger partial charge in [0.05, 0.1) is 5.56 Å². The van der Waals surface area contributed by atoms with Crippen LogP contribution in [0.25, 0.3) is 10.9 Å². The summed E-state index contributed by atoms with van der Waals surface area (Å²) < 4.78 is 39.4. The van der Waals surface area contributed by atoms with Gasteiger partial charge in [-0.15, -0.1) is 12.4 Å². The monoisotopic (exact) mass is 408 g/mol. The third-order valence-electron chi connectivity index (χ3n) is 5.67. The molecule has 0 aliphatic carbocycles. The molecule has 4 rings (SSSR count). The largest absolute Gasteiger partial charge is 0.416 e. The number of halogens is 4. The number of H-pyrrole nitrogens is 1. The minimum Gasteiger partial charge on any atom is -0.361 e. The first kappa shape index (κ1) is 20.7. The predicted molar refractivity (Wildman–Crippen MR) is 109 cm³/mol. The van der Waals surface area contributed by atoms with Crippen molar-refractivity contribution in [3.05, 3.63) is 71.4 Å². The van der Waals surface area contributed by atoms with Crippen LogP contribution < -0.4 is 0 Å². The SMILES string of the molecule is Cl.FC(F)(F)c1ccccc1CCN1CCC(c2c[nH]c3ccccc23)CC1. The molecule has 2 heterocycles. The molecule has 150 valence electrons. The molecule has 1 saturated heterocycles. The normalized spacial score (nSPS) is 16.2. The van der Waals surface area contributed by atoms with Crippen molar-refractivity contribution in [2.75, 3.05) is 19.6 Å². The molecule has 1 aliphatic heterocycles. The van der Waals surface area contributed by atoms with E-state index in [9.17, 15) is 13.2 Å². The topological polar surface area (TPSA) is 19.0 Å². The number of piperidine rings is 1. The number of likely N-dealkylation sites (tertiary alicyclic amines) is 1. The standard InChI is InChI=1S/C22H23F3N2.ClH/c23-22(24,25)20-7-3-1-5-17(20)11-14-27-12-9-16(10-13-27)19-15-26-21-8-4-2-6-18(19)21;/h1-8,15-16,26H,9-14H2;1H. The first-order chi connectivity index (χ1) is 13.0. The van der Waals surface area contributed by atoms with Crippen LogP contribution in [-0.4, -0.2) is 29.5 Å². The van der Waals surface area contributed by atoms with Crippen LogP contribution in [0.4, 0.5) is 13.2 Å². The molecule has 0 saturated carbocycles. The Kier molecular flexibility index (Phi) is 6.36. The summed E-state index contributed by atoms with van der Waals surface area (Å²) in [6, 6.07) is 14.3. The zero-order chi connectivity index (χ0) is 18.9. The molecule has 0 spiro atoms. The highest BCUT2D eigenvalue weighted by Crippen LogP contribution is 2.34. The average Bonchev–Trinajstić information content (AvgIpc) is 3.10. The molecular weight excluding hydrogens is 385 g/mol. The van der Waals surface area contributed by atoms with Crippen LogP contribution in [-0.2, 0) is 12.6 Å². The molecule has 2 nitrogen and oxygen atoms in total. The lowest BCUT2D eigenvalue weighted by Gasteiger charge is -2.32. The van der Waals surface area contributed by atoms with Gasteiger partial charge in [0.2, 0.25) is 0 Å². The van der Waals surface area contributed by atoms with Gasteiger partial charge in [-0.05, 0) is 61.5 Å². The molecule has 6 heteroatoms. The molecule has 0 bridgehead atoms. The Morgan fingerprint density at radius 1 is 0.964 bits per heavy atom. The first-order valence-corrected chi connectivity index (χ1v) is 9.46. The lowest BCUT2D eigenvalue weighted by Crippen LogP contribution is -2.34. The molecular formula is C22H24ClF3N2. The van der Waals surface area contributed by atoms with Gasteiger partial charge in [0.15, 0.2) is 0 Å². The average molecular weight is 409 g/mol. The smallest absolute Gasteiger partial charge is 0.361 e. The van der Waals surface area contributed by atoms with Crippen LogP contribution in [0.1, 0.15) is 35.4 Å². The number of hydrogen-bond donors (Lipinski definition) is 1. The van der Waals surface area contributed by atoms with Gasteiger partial charge >= 0.3 is 6.18 Å². The summed E-state index contributed by atoms with van der Waals surface area (Å²) in [5.41, 5.74) is 2.42. The van der Waals surface area contributed by atoms with Crippen molar-refractivity contribution >= 4 is 23.3 Å². The fraction of sp³-hybridized carbons (Fsp3) is 0.364. The highest BCUT2D eigenvalue weighted by Gasteiger charge is 2.33. The van der Waals surface area contributed by atoms with Gasteiger partial charge in [-0.3, -0.25) is 0 Å². The maximum absolute atomic E-state index is 13.1. The van der Waals surface area contributed by atoms with E-state index in [1.807, 2.05) is 6.07 Å². The van der Waals surface area contributed by atoms with Crippen molar-refractivity contribution < 1.29 is 13.2 Å². The third kappa shape index (κ3) is 4.36. The van der Waals surface area contributed by atoms with Crippen molar-refractivity contribution in [2.45, 2.75) is 31.4 Å². The highest BCUT2D eigenvalue weighted by molar-refractivity contribution is 5.85. The number of benzene rings is 2. The fourth-order valence-electron chi connectivity index (χ4n) is 4.19. The zero-order valence-electron chi connectivity index (χ0n) is 15.5. The molecule has 0 radical (unpaired) electrons. The van der Waals surface area contributed by atoms with Crippen molar-refractivity contribution in [2.24, 2.45) is 0 Å². The Morgan fingerprint density at radius 2 is 1.64 bits per heavy atom. The Balaban J connectivity index is 0.00000225. The number of aromatic nitrogens is 1. The van der Waals surface area contributed by atoms with Gasteiger partial charge in [0, 0.05) is 23.6 Å². The maximum Gasteiger partial charge on any atom is 0.416 e. The van der Waals surface area contributed by atoms with Crippen LogP contribution in [0.3, 0.4) is 0 Å². The summed E-state index contributed by atoms with van der Waals surface area (Å²) in [4.78, 5) is 5.63. The number of nitrogens with zero attached hydrogens (tertiary/aromatic N) is 1. The van der Waals surface area contributed by atoms with E-state index in [1.165, 1.54) is 28.6 Å². The van der Waals surface area contributed by atoms with Gasteiger partial charge in [-0.1, -0.05) is 36.4 Å². The van der Waals surface area contributed by atoms with E-state index < -0.39 is 11.7 Å². The minimum absolute atomic E-state index is 0. The number of hydrogen-bond acceptors (Lipinski definition) is 1. The molecule has 1 aromatic heterocycles. The molecule has 0 unspecified atom stereocenters. The second kappa shape index (κ2) is 8.58. The van der Waals surface area contributed by atoms with E-state index in [2.05, 4.69) is 34.3 Å². The lowest BCUT2D eigenvalue weighted by molar-refractivity contribution is -0.138. The number of nitrogens with one attached hydrogen (secondary N) is 1. The van der Waals surface area contributed by atoms with E-state index >= 15 is 0 Å². The Hall–Kier alpha value is -1.98. The van der Waals surface area contributed by atoms with Gasteiger partial charge in [0.25, 0.3) is 0 Å². The van der Waals surface area contributed by atoms with E-state index in [1.54, 1.807) is 12.1 Å². The van der Waals surface area contributed by atoms with Gasteiger partial charge < -0.3 is 9.88 Å². The number of aromatic amines is 1. The summed E-state index contributed by atoms with van der Waals surface area (Å²) >= 11 is 0. The molecule has 3 aromatic rings. The van der Waals surface area contributed by atoms with Crippen molar-refractivity contribution in [1.82, 2.24) is 9.88 Å². The van der Waals surface area contributed by atoms with Crippen LogP contribution in [0.2, 0.25) is 0 Å². The third-order valence-corrected chi connectivity index (χ3v) is 5.67. The Bertz CT molecular complexity index is 911. The number of alkyl halides is 3. The quantitative estimate of drug-likeness (QED) is 0.558. The van der Waals surface area contributed by atoms with E-state index in [0.29, 0.717) is 24.4 Å². The van der Waals surface area contributed by atoms with E-state index in [4.69, 9.17) is 0 Å². The second-order valence-electron chi connectivity index (χ2n) is 7.31. The molecule has 28 heavy (non-hydrogen) atoms. The van der Waals surface area contributed by atoms with Crippen LogP contribution >= 0.6 is 12.4 Å².